The van der Waals surface area contributed by atoms with E-state index in [0.29, 0.717) is 18.8 Å². The predicted molar refractivity (Wildman–Crippen MR) is 54.3 cm³/mol. The summed E-state index contributed by atoms with van der Waals surface area (Å²) in [5.41, 5.74) is 0.101. The van der Waals surface area contributed by atoms with E-state index in [2.05, 4.69) is 4.98 Å². The maximum atomic E-state index is 11.7. The van der Waals surface area contributed by atoms with Crippen molar-refractivity contribution in [1.29, 1.82) is 0 Å². The molecule has 0 saturated carbocycles. The van der Waals surface area contributed by atoms with Gasteiger partial charge in [0.15, 0.2) is 0 Å². The fraction of sp³-hybridized carbons (Fsp3) is 0.400. The molecule has 4 heteroatoms. The molecule has 1 N–H and O–H groups in total. The number of pyridine rings is 1. The van der Waals surface area contributed by atoms with E-state index in [-0.39, 0.29) is 11.5 Å². The Bertz CT molecular complexity index is 366. The zero-order valence-electron chi connectivity index (χ0n) is 8.41. The van der Waals surface area contributed by atoms with Gasteiger partial charge < -0.3 is 9.88 Å². The van der Waals surface area contributed by atoms with Gasteiger partial charge in [0.05, 0.1) is 0 Å². The number of aromatic nitrogens is 1. The Labute approximate surface area is 82.6 Å². The first kappa shape index (κ1) is 10.5. The molecule has 0 aliphatic carbocycles. The number of carbonyl (C=O) groups excluding carboxylic acids is 1. The number of hydrogen-bond donors (Lipinski definition) is 1. The van der Waals surface area contributed by atoms with Crippen LogP contribution in [0, 0.1) is 0 Å². The second-order valence-corrected chi connectivity index (χ2v) is 2.91. The predicted octanol–water partition coefficient (Wildman–Crippen LogP) is 0.857. The number of nitrogens with zero attached hydrogens (tertiary/aromatic N) is 1. The Morgan fingerprint density at radius 2 is 2.00 bits per heavy atom. The number of carbonyl (C=O) groups is 1. The monoisotopic (exact) mass is 194 g/mol. The highest BCUT2D eigenvalue weighted by molar-refractivity contribution is 5.92. The van der Waals surface area contributed by atoms with Gasteiger partial charge in [-0.2, -0.15) is 0 Å². The first-order valence-electron chi connectivity index (χ1n) is 4.67. The van der Waals surface area contributed by atoms with Crippen molar-refractivity contribution in [2.24, 2.45) is 0 Å². The maximum Gasteiger partial charge on any atom is 0.270 e. The van der Waals surface area contributed by atoms with Gasteiger partial charge in [-0.1, -0.05) is 6.07 Å². The summed E-state index contributed by atoms with van der Waals surface area (Å²) in [6.45, 7) is 5.10. The summed E-state index contributed by atoms with van der Waals surface area (Å²) in [4.78, 5) is 26.9. The largest absolute Gasteiger partial charge is 0.338 e. The Morgan fingerprint density at radius 1 is 1.36 bits per heavy atom. The maximum absolute atomic E-state index is 11.7. The molecule has 1 heterocycles. The van der Waals surface area contributed by atoms with Gasteiger partial charge in [0, 0.05) is 19.2 Å². The first-order chi connectivity index (χ1) is 6.69. The van der Waals surface area contributed by atoms with E-state index in [0.717, 1.165) is 0 Å². The number of rotatable bonds is 3. The molecule has 0 fully saturated rings. The topological polar surface area (TPSA) is 53.2 Å². The Balaban J connectivity index is 2.94. The average Bonchev–Trinajstić information content (AvgIpc) is 2.19. The van der Waals surface area contributed by atoms with Crippen LogP contribution in [-0.2, 0) is 0 Å². The smallest absolute Gasteiger partial charge is 0.270 e. The summed E-state index contributed by atoms with van der Waals surface area (Å²) >= 11 is 0. The third-order valence-corrected chi connectivity index (χ3v) is 2.05. The van der Waals surface area contributed by atoms with Crippen LogP contribution < -0.4 is 5.56 Å². The van der Waals surface area contributed by atoms with Crippen molar-refractivity contribution < 1.29 is 4.79 Å². The summed E-state index contributed by atoms with van der Waals surface area (Å²) in [5, 5.41) is 0. The normalized spacial score (nSPS) is 9.86. The molecule has 0 spiro atoms. The van der Waals surface area contributed by atoms with E-state index >= 15 is 0 Å². The van der Waals surface area contributed by atoms with Crippen LogP contribution in [0.1, 0.15) is 24.3 Å². The van der Waals surface area contributed by atoms with Crippen LogP contribution >= 0.6 is 0 Å². The van der Waals surface area contributed by atoms with Gasteiger partial charge in [-0.05, 0) is 19.9 Å². The Kier molecular flexibility index (Phi) is 3.45. The van der Waals surface area contributed by atoms with Crippen molar-refractivity contribution >= 4 is 5.91 Å². The van der Waals surface area contributed by atoms with E-state index in [4.69, 9.17) is 0 Å². The molecule has 14 heavy (non-hydrogen) atoms. The minimum Gasteiger partial charge on any atom is -0.338 e. The molecule has 0 radical (unpaired) electrons. The van der Waals surface area contributed by atoms with Crippen LogP contribution in [0.4, 0.5) is 0 Å². The fourth-order valence-electron chi connectivity index (χ4n) is 1.25. The van der Waals surface area contributed by atoms with E-state index in [9.17, 15) is 9.59 Å². The summed E-state index contributed by atoms with van der Waals surface area (Å²) in [6, 6.07) is 4.58. The van der Waals surface area contributed by atoms with Gasteiger partial charge in [-0.3, -0.25) is 9.59 Å². The van der Waals surface area contributed by atoms with Crippen LogP contribution in [0.25, 0.3) is 0 Å². The molecule has 0 aliphatic rings. The zero-order chi connectivity index (χ0) is 10.6. The molecule has 0 aliphatic heterocycles. The summed E-state index contributed by atoms with van der Waals surface area (Å²) in [7, 11) is 0. The highest BCUT2D eigenvalue weighted by Gasteiger charge is 2.12. The van der Waals surface area contributed by atoms with Gasteiger partial charge >= 0.3 is 0 Å². The molecule has 0 atom stereocenters. The van der Waals surface area contributed by atoms with Crippen molar-refractivity contribution in [2.75, 3.05) is 13.1 Å². The van der Waals surface area contributed by atoms with Crippen molar-refractivity contribution in [3.05, 3.63) is 34.2 Å². The van der Waals surface area contributed by atoms with Gasteiger partial charge in [-0.25, -0.2) is 0 Å². The standard InChI is InChI=1S/C10H14N2O2/c1-3-12(4-2)10(14)8-6-5-7-9(13)11-8/h5-7H,3-4H2,1-2H3,(H,11,13). The Hall–Kier alpha value is -1.58. The number of amides is 1. The van der Waals surface area contributed by atoms with Gasteiger partial charge in [0.1, 0.15) is 5.69 Å². The molecule has 4 nitrogen and oxygen atoms in total. The van der Waals surface area contributed by atoms with Crippen molar-refractivity contribution in [3.8, 4) is 0 Å². The molecular formula is C10H14N2O2. The third-order valence-electron chi connectivity index (χ3n) is 2.05. The SMILES string of the molecule is CCN(CC)C(=O)c1cccc(=O)[nH]1. The molecule has 1 amide bonds. The lowest BCUT2D eigenvalue weighted by Gasteiger charge is -2.17. The molecule has 0 aromatic carbocycles. The highest BCUT2D eigenvalue weighted by Crippen LogP contribution is 1.98. The third kappa shape index (κ3) is 2.22. The molecule has 0 saturated heterocycles. The Morgan fingerprint density at radius 3 is 2.50 bits per heavy atom. The molecular weight excluding hydrogens is 180 g/mol. The second-order valence-electron chi connectivity index (χ2n) is 2.91. The molecule has 76 valence electrons. The number of nitrogens with one attached hydrogen (secondary N) is 1. The lowest BCUT2D eigenvalue weighted by molar-refractivity contribution is 0.0767. The average molecular weight is 194 g/mol. The summed E-state index contributed by atoms with van der Waals surface area (Å²) < 4.78 is 0. The van der Waals surface area contributed by atoms with Crippen LogP contribution in [0.2, 0.25) is 0 Å². The van der Waals surface area contributed by atoms with Crippen molar-refractivity contribution in [3.63, 3.8) is 0 Å². The van der Waals surface area contributed by atoms with Crippen molar-refractivity contribution in [2.45, 2.75) is 13.8 Å². The van der Waals surface area contributed by atoms with Crippen LogP contribution in [-0.4, -0.2) is 28.9 Å². The lowest BCUT2D eigenvalue weighted by atomic mass is 10.3. The van der Waals surface area contributed by atoms with Crippen LogP contribution in [0.3, 0.4) is 0 Å². The summed E-state index contributed by atoms with van der Waals surface area (Å²) in [6.07, 6.45) is 0. The highest BCUT2D eigenvalue weighted by atomic mass is 16.2. The van der Waals surface area contributed by atoms with E-state index in [1.54, 1.807) is 17.0 Å². The minimum atomic E-state index is -0.247. The molecule has 1 aromatic heterocycles. The quantitative estimate of drug-likeness (QED) is 0.775. The van der Waals surface area contributed by atoms with Crippen LogP contribution in [0.15, 0.2) is 23.0 Å². The second kappa shape index (κ2) is 4.60. The molecule has 1 rings (SSSR count). The summed E-state index contributed by atoms with van der Waals surface area (Å²) in [5.74, 6) is -0.132. The van der Waals surface area contributed by atoms with Crippen LogP contribution in [0.5, 0.6) is 0 Å². The van der Waals surface area contributed by atoms with Gasteiger partial charge in [0.2, 0.25) is 5.56 Å². The van der Waals surface area contributed by atoms with E-state index in [1.807, 2.05) is 13.8 Å². The molecule has 0 unspecified atom stereocenters. The van der Waals surface area contributed by atoms with E-state index in [1.165, 1.54) is 6.07 Å². The van der Waals surface area contributed by atoms with Crippen molar-refractivity contribution in [1.82, 2.24) is 9.88 Å². The zero-order valence-corrected chi connectivity index (χ0v) is 8.41. The van der Waals surface area contributed by atoms with Gasteiger partial charge in [-0.15, -0.1) is 0 Å². The number of hydrogen-bond acceptors (Lipinski definition) is 2. The fourth-order valence-corrected chi connectivity index (χ4v) is 1.25. The lowest BCUT2D eigenvalue weighted by Crippen LogP contribution is -2.32. The minimum absolute atomic E-state index is 0.132. The number of H-pyrrole nitrogens is 1. The first-order valence-corrected chi connectivity index (χ1v) is 4.67. The van der Waals surface area contributed by atoms with Gasteiger partial charge in [0.25, 0.3) is 5.91 Å². The molecule has 0 bridgehead atoms. The van der Waals surface area contributed by atoms with E-state index < -0.39 is 0 Å². The molecule has 1 aromatic rings. The number of aromatic amines is 1.